The molecule has 7 nitrogen and oxygen atoms in total. The number of fused-ring (bicyclic) bond motifs is 1. The van der Waals surface area contributed by atoms with Crippen LogP contribution in [-0.2, 0) is 32.5 Å². The van der Waals surface area contributed by atoms with Crippen molar-refractivity contribution in [2.45, 2.75) is 50.5 Å². The fourth-order valence-corrected chi connectivity index (χ4v) is 5.06. The molecule has 2 aromatic carbocycles. The summed E-state index contributed by atoms with van der Waals surface area (Å²) in [5.41, 5.74) is 2.42. The largest absolute Gasteiger partial charge is 0.354 e. The fourth-order valence-electron chi connectivity index (χ4n) is 3.54. The van der Waals surface area contributed by atoms with Gasteiger partial charge in [0.1, 0.15) is 6.04 Å². The minimum Gasteiger partial charge on any atom is -0.354 e. The van der Waals surface area contributed by atoms with Gasteiger partial charge >= 0.3 is 0 Å². The van der Waals surface area contributed by atoms with Crippen LogP contribution in [0.15, 0.2) is 47.4 Å². The second-order valence-electron chi connectivity index (χ2n) is 8.23. The molecule has 172 valence electrons. The van der Waals surface area contributed by atoms with E-state index in [1.165, 1.54) is 6.07 Å². The highest BCUT2D eigenvalue weighted by molar-refractivity contribution is 7.89. The van der Waals surface area contributed by atoms with Crippen LogP contribution in [0.4, 0.5) is 5.69 Å². The molecule has 1 heterocycles. The highest BCUT2D eigenvalue weighted by atomic mass is 35.5. The van der Waals surface area contributed by atoms with Crippen molar-refractivity contribution in [2.24, 2.45) is 5.92 Å². The lowest BCUT2D eigenvalue weighted by Crippen LogP contribution is -2.49. The van der Waals surface area contributed by atoms with Crippen LogP contribution < -0.4 is 15.4 Å². The van der Waals surface area contributed by atoms with Gasteiger partial charge in [-0.3, -0.25) is 9.59 Å². The Balaban J connectivity index is 1.67. The molecule has 0 spiro atoms. The third-order valence-corrected chi connectivity index (χ3v) is 7.06. The highest BCUT2D eigenvalue weighted by Gasteiger charge is 2.29. The minimum absolute atomic E-state index is 0.0759. The van der Waals surface area contributed by atoms with Crippen LogP contribution in [0.3, 0.4) is 0 Å². The molecule has 0 aromatic heterocycles. The van der Waals surface area contributed by atoms with E-state index in [9.17, 15) is 18.0 Å². The summed E-state index contributed by atoms with van der Waals surface area (Å²) < 4.78 is 28.6. The third kappa shape index (κ3) is 6.31. The van der Waals surface area contributed by atoms with Gasteiger partial charge in [0.2, 0.25) is 21.8 Å². The number of amides is 2. The Morgan fingerprint density at radius 1 is 1.12 bits per heavy atom. The molecule has 0 radical (unpaired) electrons. The van der Waals surface area contributed by atoms with Crippen LogP contribution in [0.1, 0.15) is 37.8 Å². The number of hydrogen-bond acceptors (Lipinski definition) is 4. The number of halogens is 1. The Hall–Kier alpha value is -2.42. The molecular weight excluding hydrogens is 450 g/mol. The van der Waals surface area contributed by atoms with Gasteiger partial charge in [0.05, 0.1) is 4.90 Å². The van der Waals surface area contributed by atoms with E-state index in [1.807, 2.05) is 12.1 Å². The van der Waals surface area contributed by atoms with Gasteiger partial charge in [-0.25, -0.2) is 8.42 Å². The summed E-state index contributed by atoms with van der Waals surface area (Å²) in [4.78, 5) is 24.5. The van der Waals surface area contributed by atoms with Gasteiger partial charge in [0, 0.05) is 23.7 Å². The Morgan fingerprint density at radius 2 is 1.84 bits per heavy atom. The molecule has 3 N–H and O–H groups in total. The van der Waals surface area contributed by atoms with Crippen LogP contribution in [0.5, 0.6) is 0 Å². The van der Waals surface area contributed by atoms with Crippen LogP contribution in [0.2, 0.25) is 5.02 Å². The molecule has 1 atom stereocenters. The van der Waals surface area contributed by atoms with E-state index in [-0.39, 0.29) is 22.6 Å². The van der Waals surface area contributed by atoms with Gasteiger partial charge in [0.15, 0.2) is 0 Å². The molecule has 1 aliphatic heterocycles. The number of benzene rings is 2. The smallest absolute Gasteiger partial charge is 0.241 e. The maximum absolute atomic E-state index is 13.0. The molecule has 0 saturated heterocycles. The van der Waals surface area contributed by atoms with Gasteiger partial charge < -0.3 is 10.6 Å². The molecule has 9 heteroatoms. The number of aryl methyl sites for hydroxylation is 1. The van der Waals surface area contributed by atoms with Crippen LogP contribution in [0, 0.1) is 5.92 Å². The summed E-state index contributed by atoms with van der Waals surface area (Å²) in [6.07, 6.45) is 2.27. The Morgan fingerprint density at radius 3 is 2.53 bits per heavy atom. The lowest BCUT2D eigenvalue weighted by molar-refractivity contribution is -0.123. The Kier molecular flexibility index (Phi) is 7.92. The van der Waals surface area contributed by atoms with Gasteiger partial charge in [-0.2, -0.15) is 4.72 Å². The van der Waals surface area contributed by atoms with Crippen molar-refractivity contribution in [3.05, 3.63) is 58.6 Å². The number of hydrogen-bond donors (Lipinski definition) is 3. The number of sulfonamides is 1. The molecule has 0 fully saturated rings. The van der Waals surface area contributed by atoms with Crippen molar-refractivity contribution in [3.63, 3.8) is 0 Å². The van der Waals surface area contributed by atoms with E-state index in [2.05, 4.69) is 15.4 Å². The number of carbonyl (C=O) groups excluding carboxylic acids is 2. The van der Waals surface area contributed by atoms with Crippen molar-refractivity contribution in [1.29, 1.82) is 0 Å². The predicted octanol–water partition coefficient (Wildman–Crippen LogP) is 3.28. The molecular formula is C23H28ClN3O4S. The number of rotatable bonds is 8. The summed E-state index contributed by atoms with van der Waals surface area (Å²) >= 11 is 5.88. The molecule has 3 rings (SSSR count). The maximum atomic E-state index is 13.0. The third-order valence-electron chi connectivity index (χ3n) is 5.37. The van der Waals surface area contributed by atoms with Crippen molar-refractivity contribution in [3.8, 4) is 0 Å². The zero-order valence-electron chi connectivity index (χ0n) is 18.2. The van der Waals surface area contributed by atoms with Gasteiger partial charge in [-0.05, 0) is 66.6 Å². The Labute approximate surface area is 194 Å². The van der Waals surface area contributed by atoms with Crippen molar-refractivity contribution in [2.75, 3.05) is 11.9 Å². The van der Waals surface area contributed by atoms with E-state index in [1.54, 1.807) is 38.1 Å². The van der Waals surface area contributed by atoms with Gasteiger partial charge in [-0.1, -0.05) is 37.6 Å². The molecule has 0 bridgehead atoms. The molecule has 1 unspecified atom stereocenters. The van der Waals surface area contributed by atoms with E-state index >= 15 is 0 Å². The quantitative estimate of drug-likeness (QED) is 0.542. The van der Waals surface area contributed by atoms with Crippen molar-refractivity contribution in [1.82, 2.24) is 10.0 Å². The van der Waals surface area contributed by atoms with Gasteiger partial charge in [-0.15, -0.1) is 0 Å². The first-order chi connectivity index (χ1) is 15.2. The predicted molar refractivity (Wildman–Crippen MR) is 125 cm³/mol. The molecule has 2 amide bonds. The van der Waals surface area contributed by atoms with E-state index in [0.29, 0.717) is 42.9 Å². The summed E-state index contributed by atoms with van der Waals surface area (Å²) in [5.74, 6) is -0.701. The average Bonchev–Trinajstić information content (AvgIpc) is 2.93. The summed E-state index contributed by atoms with van der Waals surface area (Å²) in [7, 11) is -3.93. The first kappa shape index (κ1) is 24.2. The monoisotopic (exact) mass is 477 g/mol. The SMILES string of the molecule is CC(C)C(NS(=O)(=O)c1ccc2c(c1)CCCC(=O)N2)C(=O)NCCc1ccc(Cl)cc1. The van der Waals surface area contributed by atoms with E-state index in [4.69, 9.17) is 11.6 Å². The first-order valence-corrected chi connectivity index (χ1v) is 12.5. The second-order valence-corrected chi connectivity index (χ2v) is 10.4. The summed E-state index contributed by atoms with van der Waals surface area (Å²) in [6.45, 7) is 3.96. The molecule has 0 aliphatic carbocycles. The zero-order chi connectivity index (χ0) is 23.3. The highest BCUT2D eigenvalue weighted by Crippen LogP contribution is 2.25. The van der Waals surface area contributed by atoms with E-state index < -0.39 is 16.1 Å². The van der Waals surface area contributed by atoms with E-state index in [0.717, 1.165) is 11.1 Å². The maximum Gasteiger partial charge on any atom is 0.241 e. The summed E-state index contributed by atoms with van der Waals surface area (Å²) in [5, 5.41) is 6.26. The lowest BCUT2D eigenvalue weighted by atomic mass is 10.0. The molecule has 0 saturated carbocycles. The van der Waals surface area contributed by atoms with Gasteiger partial charge in [0.25, 0.3) is 0 Å². The number of anilines is 1. The first-order valence-electron chi connectivity index (χ1n) is 10.6. The molecule has 1 aliphatic rings. The van der Waals surface area contributed by atoms with Crippen LogP contribution >= 0.6 is 11.6 Å². The number of nitrogens with one attached hydrogen (secondary N) is 3. The minimum atomic E-state index is -3.93. The Bertz CT molecular complexity index is 1080. The van der Waals surface area contributed by atoms with Crippen molar-refractivity contribution < 1.29 is 18.0 Å². The molecule has 32 heavy (non-hydrogen) atoms. The number of carbonyl (C=O) groups is 2. The normalized spacial score (nSPS) is 14.9. The fraction of sp³-hybridized carbons (Fsp3) is 0.391. The average molecular weight is 478 g/mol. The topological polar surface area (TPSA) is 104 Å². The summed E-state index contributed by atoms with van der Waals surface area (Å²) in [6, 6.07) is 11.1. The standard InChI is InChI=1S/C23H28ClN3O4S/c1-15(2)22(23(29)25-13-12-16-6-8-18(24)9-7-16)27-32(30,31)19-10-11-20-17(14-19)4-3-5-21(28)26-20/h6-11,14-15,22,27H,3-5,12-13H2,1-2H3,(H,25,29)(H,26,28). The second kappa shape index (κ2) is 10.5. The van der Waals surface area contributed by atoms with Crippen LogP contribution in [-0.4, -0.2) is 32.8 Å². The molecule has 2 aromatic rings. The lowest BCUT2D eigenvalue weighted by Gasteiger charge is -2.22. The van der Waals surface area contributed by atoms with Crippen LogP contribution in [0.25, 0.3) is 0 Å². The van der Waals surface area contributed by atoms with Crippen molar-refractivity contribution >= 4 is 39.1 Å². The zero-order valence-corrected chi connectivity index (χ0v) is 19.7.